The average Bonchev–Trinajstić information content (AvgIpc) is 2.90. The molecule has 0 amide bonds. The van der Waals surface area contributed by atoms with Gasteiger partial charge in [-0.25, -0.2) is 4.79 Å². The van der Waals surface area contributed by atoms with Gasteiger partial charge in [0, 0.05) is 24.5 Å². The van der Waals surface area contributed by atoms with Crippen molar-refractivity contribution in [2.45, 2.75) is 81.9 Å². The molecule has 36 heavy (non-hydrogen) atoms. The molecule has 0 bridgehead atoms. The lowest BCUT2D eigenvalue weighted by Gasteiger charge is -2.48. The van der Waals surface area contributed by atoms with Crippen molar-refractivity contribution in [1.82, 2.24) is 0 Å². The van der Waals surface area contributed by atoms with Crippen molar-refractivity contribution in [3.8, 4) is 0 Å². The molecule has 3 heterocycles. The Morgan fingerprint density at radius 1 is 1.25 bits per heavy atom. The number of benzene rings is 1. The van der Waals surface area contributed by atoms with E-state index in [-0.39, 0.29) is 42.5 Å². The number of esters is 1. The molecule has 4 rings (SSSR count). The van der Waals surface area contributed by atoms with Crippen LogP contribution in [0.3, 0.4) is 0 Å². The monoisotopic (exact) mass is 502 g/mol. The molecule has 0 radical (unpaired) electrons. The van der Waals surface area contributed by atoms with E-state index >= 15 is 0 Å². The summed E-state index contributed by atoms with van der Waals surface area (Å²) in [5, 5.41) is 11.2. The standard InChI is InChI=1S/C28H38O8/c1-5-18(2)25-20(12-9-15-32-25)34-21(26(29)31-4)13-14-24-28(3,30)16-22-23(35-24)17-33-27(36-22)19-10-7-6-8-11-19/h5-8,10-11,13,18,20,22-25,27,30H,1,9,12,14-17H2,2-4H3/b21-13-/t18-,20+,22+,23-,24+,25-,27-,28-/m1/s1. The van der Waals surface area contributed by atoms with Crippen LogP contribution in [0.5, 0.6) is 0 Å². The number of fused-ring (bicyclic) bond motifs is 1. The summed E-state index contributed by atoms with van der Waals surface area (Å²) in [5.74, 6) is -0.412. The molecule has 3 aliphatic rings. The van der Waals surface area contributed by atoms with E-state index in [1.54, 1.807) is 13.0 Å². The first kappa shape index (κ1) is 26.8. The molecule has 8 atom stereocenters. The predicted octanol–water partition coefficient (Wildman–Crippen LogP) is 3.84. The van der Waals surface area contributed by atoms with Crippen LogP contribution in [0.15, 0.2) is 54.8 Å². The number of aliphatic hydroxyl groups is 1. The van der Waals surface area contributed by atoms with Crippen LogP contribution < -0.4 is 0 Å². The lowest BCUT2D eigenvalue weighted by Crippen LogP contribution is -2.58. The SMILES string of the molecule is C=C[C@@H](C)[C@H]1OCCC[C@@H]1O/C(=C\C[C@@H]1O[C@@H]2CO[C@@H](c3ccccc3)O[C@H]2C[C@@]1(C)O)C(=O)OC. The van der Waals surface area contributed by atoms with Crippen molar-refractivity contribution < 1.29 is 38.3 Å². The minimum absolute atomic E-state index is 0.0690. The van der Waals surface area contributed by atoms with Crippen LogP contribution in [0.4, 0.5) is 0 Å². The molecule has 8 heteroatoms. The molecule has 0 aromatic heterocycles. The second-order valence-electron chi connectivity index (χ2n) is 10.00. The molecular weight excluding hydrogens is 464 g/mol. The number of carbonyl (C=O) groups is 1. The van der Waals surface area contributed by atoms with Gasteiger partial charge in [-0.1, -0.05) is 43.3 Å². The van der Waals surface area contributed by atoms with E-state index in [9.17, 15) is 9.90 Å². The Labute approximate surface area is 213 Å². The topological polar surface area (TPSA) is 92.7 Å². The van der Waals surface area contributed by atoms with Gasteiger partial charge in [0.1, 0.15) is 18.3 Å². The van der Waals surface area contributed by atoms with E-state index in [1.165, 1.54) is 7.11 Å². The zero-order chi connectivity index (χ0) is 25.7. The Hall–Kier alpha value is -2.23. The second kappa shape index (κ2) is 11.9. The molecule has 8 nitrogen and oxygen atoms in total. The van der Waals surface area contributed by atoms with Gasteiger partial charge < -0.3 is 33.5 Å². The van der Waals surface area contributed by atoms with Crippen LogP contribution in [0.25, 0.3) is 0 Å². The normalized spacial score (nSPS) is 35.8. The van der Waals surface area contributed by atoms with Gasteiger partial charge in [-0.05, 0) is 32.3 Å². The van der Waals surface area contributed by atoms with Gasteiger partial charge in [0.05, 0.1) is 31.5 Å². The van der Waals surface area contributed by atoms with E-state index in [4.69, 9.17) is 28.4 Å². The number of carbonyl (C=O) groups excluding carboxylic acids is 1. The third kappa shape index (κ3) is 6.18. The molecule has 3 fully saturated rings. The van der Waals surface area contributed by atoms with Gasteiger partial charge in [-0.2, -0.15) is 0 Å². The van der Waals surface area contributed by atoms with Crippen LogP contribution >= 0.6 is 0 Å². The first-order chi connectivity index (χ1) is 17.3. The molecule has 3 saturated heterocycles. The molecule has 0 aliphatic carbocycles. The van der Waals surface area contributed by atoms with E-state index in [0.717, 1.165) is 18.4 Å². The summed E-state index contributed by atoms with van der Waals surface area (Å²) in [6.07, 6.45) is 3.51. The van der Waals surface area contributed by atoms with Crippen LogP contribution in [0, 0.1) is 5.92 Å². The van der Waals surface area contributed by atoms with Crippen LogP contribution in [0.1, 0.15) is 51.4 Å². The number of ether oxygens (including phenoxy) is 6. The third-order valence-electron chi connectivity index (χ3n) is 7.23. The highest BCUT2D eigenvalue weighted by Gasteiger charge is 2.48. The fraction of sp³-hybridized carbons (Fsp3) is 0.607. The molecule has 0 spiro atoms. The van der Waals surface area contributed by atoms with Crippen molar-refractivity contribution in [2.24, 2.45) is 5.92 Å². The summed E-state index contributed by atoms with van der Waals surface area (Å²) < 4.78 is 35.3. The summed E-state index contributed by atoms with van der Waals surface area (Å²) in [5.41, 5.74) is -0.248. The fourth-order valence-electron chi connectivity index (χ4n) is 5.06. The van der Waals surface area contributed by atoms with E-state index in [1.807, 2.05) is 43.3 Å². The van der Waals surface area contributed by atoms with Crippen molar-refractivity contribution >= 4 is 5.97 Å². The first-order valence-electron chi connectivity index (χ1n) is 12.7. The quantitative estimate of drug-likeness (QED) is 0.248. The number of rotatable bonds is 8. The Morgan fingerprint density at radius 3 is 2.75 bits per heavy atom. The van der Waals surface area contributed by atoms with Crippen molar-refractivity contribution in [3.63, 3.8) is 0 Å². The van der Waals surface area contributed by atoms with Crippen LogP contribution in [-0.2, 0) is 33.2 Å². The Morgan fingerprint density at radius 2 is 2.03 bits per heavy atom. The third-order valence-corrected chi connectivity index (χ3v) is 7.23. The first-order valence-corrected chi connectivity index (χ1v) is 12.7. The minimum atomic E-state index is -1.18. The van der Waals surface area contributed by atoms with Crippen molar-refractivity contribution in [1.29, 1.82) is 0 Å². The number of hydrogen-bond donors (Lipinski definition) is 1. The van der Waals surface area contributed by atoms with Gasteiger partial charge in [-0.15, -0.1) is 6.58 Å². The summed E-state index contributed by atoms with van der Waals surface area (Å²) in [7, 11) is 1.32. The van der Waals surface area contributed by atoms with Crippen LogP contribution in [0.2, 0.25) is 0 Å². The minimum Gasteiger partial charge on any atom is -0.481 e. The summed E-state index contributed by atoms with van der Waals surface area (Å²) in [6, 6.07) is 9.71. The highest BCUT2D eigenvalue weighted by molar-refractivity contribution is 5.86. The Kier molecular flexibility index (Phi) is 8.85. The molecule has 1 aromatic rings. The number of methoxy groups -OCH3 is 1. The van der Waals surface area contributed by atoms with E-state index < -0.39 is 24.0 Å². The van der Waals surface area contributed by atoms with Gasteiger partial charge in [0.2, 0.25) is 5.76 Å². The van der Waals surface area contributed by atoms with Crippen LogP contribution in [-0.4, -0.2) is 67.5 Å². The summed E-state index contributed by atoms with van der Waals surface area (Å²) >= 11 is 0. The molecule has 1 aromatic carbocycles. The highest BCUT2D eigenvalue weighted by Crippen LogP contribution is 2.39. The van der Waals surface area contributed by atoms with Gasteiger partial charge in [-0.3, -0.25) is 0 Å². The molecule has 3 aliphatic heterocycles. The maximum Gasteiger partial charge on any atom is 0.372 e. The molecule has 198 valence electrons. The lowest BCUT2D eigenvalue weighted by molar-refractivity contribution is -0.315. The number of hydrogen-bond acceptors (Lipinski definition) is 8. The highest BCUT2D eigenvalue weighted by atomic mass is 16.7. The largest absolute Gasteiger partial charge is 0.481 e. The predicted molar refractivity (Wildman–Crippen MR) is 132 cm³/mol. The van der Waals surface area contributed by atoms with Crippen molar-refractivity contribution in [3.05, 3.63) is 60.4 Å². The van der Waals surface area contributed by atoms with E-state index in [0.29, 0.717) is 19.6 Å². The van der Waals surface area contributed by atoms with Gasteiger partial charge in [0.15, 0.2) is 6.29 Å². The smallest absolute Gasteiger partial charge is 0.372 e. The average molecular weight is 503 g/mol. The summed E-state index contributed by atoms with van der Waals surface area (Å²) in [6.45, 7) is 8.61. The molecule has 1 N–H and O–H groups in total. The molecule has 0 saturated carbocycles. The second-order valence-corrected chi connectivity index (χ2v) is 10.00. The fourth-order valence-corrected chi connectivity index (χ4v) is 5.06. The Bertz CT molecular complexity index is 913. The molecular formula is C28H38O8. The van der Waals surface area contributed by atoms with E-state index in [2.05, 4.69) is 6.58 Å². The lowest BCUT2D eigenvalue weighted by atomic mass is 9.84. The summed E-state index contributed by atoms with van der Waals surface area (Å²) in [4.78, 5) is 12.5. The van der Waals surface area contributed by atoms with Gasteiger partial charge in [0.25, 0.3) is 0 Å². The zero-order valence-electron chi connectivity index (χ0n) is 21.3. The zero-order valence-corrected chi connectivity index (χ0v) is 21.3. The molecule has 0 unspecified atom stereocenters. The maximum atomic E-state index is 12.5. The van der Waals surface area contributed by atoms with Gasteiger partial charge >= 0.3 is 5.97 Å². The van der Waals surface area contributed by atoms with Crippen molar-refractivity contribution in [2.75, 3.05) is 20.3 Å². The maximum absolute atomic E-state index is 12.5. The Balaban J connectivity index is 1.43.